The summed E-state index contributed by atoms with van der Waals surface area (Å²) in [5, 5.41) is 16.4. The third-order valence-electron chi connectivity index (χ3n) is 1.04. The first kappa shape index (κ1) is 10.1. The van der Waals surface area contributed by atoms with E-state index < -0.39 is 5.54 Å². The molecule has 0 fully saturated rings. The van der Waals surface area contributed by atoms with Gasteiger partial charge in [0.05, 0.1) is 12.6 Å². The lowest BCUT2D eigenvalue weighted by molar-refractivity contribution is 0.572. The fourth-order valence-corrected chi connectivity index (χ4v) is 0.403. The van der Waals surface area contributed by atoms with Gasteiger partial charge in [0.25, 0.3) is 0 Å². The van der Waals surface area contributed by atoms with Crippen molar-refractivity contribution in [3.05, 3.63) is 0 Å². The van der Waals surface area contributed by atoms with Gasteiger partial charge in [-0.15, -0.1) is 0 Å². The molecule has 0 radical (unpaired) electrons. The maximum absolute atomic E-state index is 8.56. The average Bonchev–Trinajstić information content (AvgIpc) is 1.87. The van der Waals surface area contributed by atoms with Gasteiger partial charge in [-0.3, -0.25) is 0 Å². The zero-order valence-corrected chi connectivity index (χ0v) is 7.63. The van der Waals surface area contributed by atoms with Crippen molar-refractivity contribution in [2.45, 2.75) is 33.2 Å². The Morgan fingerprint density at radius 1 is 1.45 bits per heavy atom. The van der Waals surface area contributed by atoms with E-state index in [1.165, 1.54) is 0 Å². The summed E-state index contributed by atoms with van der Waals surface area (Å²) in [6.07, 6.45) is 0. The third kappa shape index (κ3) is 5.53. The highest BCUT2D eigenvalue weighted by Crippen LogP contribution is 2.07. The Balaban J connectivity index is 3.85. The summed E-state index contributed by atoms with van der Waals surface area (Å²) in [4.78, 5) is 0. The van der Waals surface area contributed by atoms with E-state index in [2.05, 4.69) is 30.1 Å². The van der Waals surface area contributed by atoms with Crippen LogP contribution in [0.1, 0.15) is 27.7 Å². The Kier molecular flexibility index (Phi) is 3.73. The van der Waals surface area contributed by atoms with E-state index in [9.17, 15) is 0 Å². The molecule has 0 aliphatic carbocycles. The largest absolute Gasteiger partial charge is 0.196 e. The molecule has 62 valence electrons. The quantitative estimate of drug-likeness (QED) is 0.574. The zero-order chi connectivity index (χ0) is 8.91. The molecule has 0 unspecified atom stereocenters. The lowest BCUT2D eigenvalue weighted by Crippen LogP contribution is -2.11. The van der Waals surface area contributed by atoms with E-state index in [0.717, 1.165) is 0 Å². The number of rotatable bonds is 3. The molecule has 0 heterocycles. The van der Waals surface area contributed by atoms with Crippen molar-refractivity contribution in [1.82, 2.24) is 0 Å². The molecule has 0 aromatic carbocycles. The number of nitriles is 1. The minimum Gasteiger partial charge on any atom is -0.196 e. The fourth-order valence-electron chi connectivity index (χ4n) is 0.403. The molecule has 3 nitrogen and oxygen atoms in total. The van der Waals surface area contributed by atoms with Crippen LogP contribution in [0.5, 0.6) is 0 Å². The smallest absolute Gasteiger partial charge is 0.161 e. The first-order valence-electron chi connectivity index (χ1n) is 3.78. The van der Waals surface area contributed by atoms with Crippen LogP contribution in [0.15, 0.2) is 10.2 Å². The first-order chi connectivity index (χ1) is 4.98. The summed E-state index contributed by atoms with van der Waals surface area (Å²) in [7, 11) is 0. The number of hydrogen-bond donors (Lipinski definition) is 0. The van der Waals surface area contributed by atoms with Crippen LogP contribution in [-0.4, -0.2) is 12.1 Å². The Labute approximate surface area is 68.1 Å². The fraction of sp³-hybridized carbons (Fsp3) is 0.875. The molecule has 0 aromatic heterocycles. The van der Waals surface area contributed by atoms with E-state index in [-0.39, 0.29) is 0 Å². The molecule has 0 saturated carbocycles. The molecule has 0 N–H and O–H groups in total. The first-order valence-corrected chi connectivity index (χ1v) is 3.78. The maximum Gasteiger partial charge on any atom is 0.161 e. The summed E-state index contributed by atoms with van der Waals surface area (Å²) in [6.45, 7) is 8.33. The summed E-state index contributed by atoms with van der Waals surface area (Å²) in [5.74, 6) is 0.508. The lowest BCUT2D eigenvalue weighted by atomic mass is 10.1. The van der Waals surface area contributed by atoms with Crippen LogP contribution in [0, 0.1) is 17.2 Å². The average molecular weight is 153 g/mol. The highest BCUT2D eigenvalue weighted by Gasteiger charge is 2.13. The summed E-state index contributed by atoms with van der Waals surface area (Å²) >= 11 is 0. The normalized spacial score (nSPS) is 12.4. The van der Waals surface area contributed by atoms with Gasteiger partial charge in [-0.05, 0) is 19.8 Å². The van der Waals surface area contributed by atoms with Gasteiger partial charge in [0, 0.05) is 0 Å². The van der Waals surface area contributed by atoms with E-state index >= 15 is 0 Å². The Morgan fingerprint density at radius 2 is 2.00 bits per heavy atom. The van der Waals surface area contributed by atoms with E-state index in [1.807, 2.05) is 0 Å². The van der Waals surface area contributed by atoms with Crippen LogP contribution in [0.2, 0.25) is 0 Å². The van der Waals surface area contributed by atoms with Gasteiger partial charge in [0.15, 0.2) is 5.54 Å². The highest BCUT2D eigenvalue weighted by molar-refractivity contribution is 4.98. The van der Waals surface area contributed by atoms with E-state index in [1.54, 1.807) is 13.8 Å². The van der Waals surface area contributed by atoms with Crippen molar-refractivity contribution >= 4 is 0 Å². The van der Waals surface area contributed by atoms with Gasteiger partial charge in [0.1, 0.15) is 0 Å². The number of nitrogens with zero attached hydrogens (tertiary/aromatic N) is 3. The summed E-state index contributed by atoms with van der Waals surface area (Å²) < 4.78 is 0. The van der Waals surface area contributed by atoms with Crippen LogP contribution < -0.4 is 0 Å². The Bertz CT molecular complexity index is 174. The molecule has 0 rings (SSSR count). The Hall–Kier alpha value is -0.910. The minimum atomic E-state index is -0.658. The predicted octanol–water partition coefficient (Wildman–Crippen LogP) is 2.40. The molecule has 0 aromatic rings. The molecule has 0 atom stereocenters. The molecule has 11 heavy (non-hydrogen) atoms. The van der Waals surface area contributed by atoms with Gasteiger partial charge in [-0.1, -0.05) is 13.8 Å². The van der Waals surface area contributed by atoms with E-state index in [0.29, 0.717) is 12.5 Å². The van der Waals surface area contributed by atoms with Crippen LogP contribution in [-0.2, 0) is 0 Å². The van der Waals surface area contributed by atoms with Gasteiger partial charge in [-0.25, -0.2) is 0 Å². The van der Waals surface area contributed by atoms with E-state index in [4.69, 9.17) is 5.26 Å². The molecule has 0 saturated heterocycles. The monoisotopic (exact) mass is 153 g/mol. The second kappa shape index (κ2) is 4.07. The molecule has 0 spiro atoms. The zero-order valence-electron chi connectivity index (χ0n) is 7.63. The molecule has 0 aliphatic rings. The standard InChI is InChI=1S/C8H15N3/c1-7(2)5-10-11-8(3,4)6-9/h7H,5H2,1-4H3. The van der Waals surface area contributed by atoms with Crippen LogP contribution in [0.4, 0.5) is 0 Å². The van der Waals surface area contributed by atoms with Crippen molar-refractivity contribution in [3.63, 3.8) is 0 Å². The highest BCUT2D eigenvalue weighted by atomic mass is 15.1. The third-order valence-corrected chi connectivity index (χ3v) is 1.04. The maximum atomic E-state index is 8.56. The molecule has 0 aliphatic heterocycles. The number of hydrogen-bond acceptors (Lipinski definition) is 3. The molecular weight excluding hydrogens is 138 g/mol. The van der Waals surface area contributed by atoms with Crippen LogP contribution in [0.3, 0.4) is 0 Å². The predicted molar refractivity (Wildman–Crippen MR) is 44.3 cm³/mol. The molecule has 0 amide bonds. The van der Waals surface area contributed by atoms with Gasteiger partial charge >= 0.3 is 0 Å². The van der Waals surface area contributed by atoms with Crippen molar-refractivity contribution in [2.24, 2.45) is 16.1 Å². The SMILES string of the molecule is CC(C)CN=NC(C)(C)C#N. The second-order valence-electron chi connectivity index (χ2n) is 3.49. The molecule has 0 bridgehead atoms. The van der Waals surface area contributed by atoms with Crippen molar-refractivity contribution < 1.29 is 0 Å². The second-order valence-corrected chi connectivity index (χ2v) is 3.49. The van der Waals surface area contributed by atoms with Crippen molar-refractivity contribution in [1.29, 1.82) is 5.26 Å². The van der Waals surface area contributed by atoms with Crippen molar-refractivity contribution in [2.75, 3.05) is 6.54 Å². The van der Waals surface area contributed by atoms with Crippen LogP contribution >= 0.6 is 0 Å². The number of azo groups is 1. The molecule has 3 heteroatoms. The van der Waals surface area contributed by atoms with Crippen LogP contribution in [0.25, 0.3) is 0 Å². The summed E-state index contributed by atoms with van der Waals surface area (Å²) in [6, 6.07) is 2.05. The van der Waals surface area contributed by atoms with Gasteiger partial charge in [-0.2, -0.15) is 15.5 Å². The van der Waals surface area contributed by atoms with Gasteiger partial charge < -0.3 is 0 Å². The molecular formula is C8H15N3. The van der Waals surface area contributed by atoms with Gasteiger partial charge in [0.2, 0.25) is 0 Å². The summed E-state index contributed by atoms with van der Waals surface area (Å²) in [5.41, 5.74) is -0.658. The Morgan fingerprint density at radius 3 is 2.36 bits per heavy atom. The minimum absolute atomic E-state index is 0.508. The van der Waals surface area contributed by atoms with Crippen molar-refractivity contribution in [3.8, 4) is 6.07 Å². The lowest BCUT2D eigenvalue weighted by Gasteiger charge is -2.05. The topological polar surface area (TPSA) is 48.5 Å².